The van der Waals surface area contributed by atoms with Crippen LogP contribution in [-0.2, 0) is 14.8 Å². The first kappa shape index (κ1) is 22.7. The maximum Gasteiger partial charge on any atom is 0.248 e. The summed E-state index contributed by atoms with van der Waals surface area (Å²) >= 11 is 6.08. The van der Waals surface area contributed by atoms with Crippen LogP contribution >= 0.6 is 11.6 Å². The van der Waals surface area contributed by atoms with Gasteiger partial charge in [-0.15, -0.1) is 0 Å². The molecule has 0 aliphatic heterocycles. The number of hydrogen-bond donors (Lipinski definition) is 1. The molecule has 1 atom stereocenters. The molecule has 162 valence electrons. The molecule has 0 fully saturated rings. The Labute approximate surface area is 187 Å². The van der Waals surface area contributed by atoms with E-state index in [1.54, 1.807) is 55.5 Å². The zero-order valence-electron chi connectivity index (χ0n) is 17.4. The molecule has 1 N–H and O–H groups in total. The van der Waals surface area contributed by atoms with Crippen LogP contribution in [0.4, 0.5) is 11.4 Å². The lowest BCUT2D eigenvalue weighted by Crippen LogP contribution is -2.45. The number of para-hydroxylation sites is 3. The van der Waals surface area contributed by atoms with Crippen molar-refractivity contribution < 1.29 is 17.9 Å². The number of carbonyl (C=O) groups excluding carboxylic acids is 1. The number of carbonyl (C=O) groups is 1. The first-order valence-electron chi connectivity index (χ1n) is 9.55. The van der Waals surface area contributed by atoms with Crippen LogP contribution in [0.2, 0.25) is 5.02 Å². The van der Waals surface area contributed by atoms with Crippen molar-refractivity contribution in [2.45, 2.75) is 19.9 Å². The Morgan fingerprint density at radius 2 is 1.68 bits per heavy atom. The summed E-state index contributed by atoms with van der Waals surface area (Å²) in [5.41, 5.74) is 1.47. The first-order valence-corrected chi connectivity index (χ1v) is 11.8. The lowest BCUT2D eigenvalue weighted by Gasteiger charge is -2.29. The minimum absolute atomic E-state index is 0.353. The number of amides is 1. The average molecular weight is 459 g/mol. The van der Waals surface area contributed by atoms with Crippen molar-refractivity contribution in [3.05, 3.63) is 83.4 Å². The first-order chi connectivity index (χ1) is 14.7. The molecule has 0 aliphatic rings. The summed E-state index contributed by atoms with van der Waals surface area (Å²) in [4.78, 5) is 13.1. The van der Waals surface area contributed by atoms with Crippen LogP contribution in [-0.4, -0.2) is 26.6 Å². The fourth-order valence-corrected chi connectivity index (χ4v) is 4.50. The maximum atomic E-state index is 13.1. The van der Waals surface area contributed by atoms with Gasteiger partial charge in [0.1, 0.15) is 11.8 Å². The standard InChI is InChI=1S/C23H23ClN2O4S/c1-16-13-14-18(24)15-21(16)26(31(3,28)29)17(2)23(27)25-20-11-7-8-12-22(20)30-19-9-5-4-6-10-19/h4-15,17H,1-3H3,(H,25,27)/t17-/m0/s1. The lowest BCUT2D eigenvalue weighted by atomic mass is 10.1. The number of rotatable bonds is 7. The summed E-state index contributed by atoms with van der Waals surface area (Å²) in [5.74, 6) is 0.553. The van der Waals surface area contributed by atoms with Gasteiger partial charge >= 0.3 is 0 Å². The van der Waals surface area contributed by atoms with Crippen molar-refractivity contribution in [3.63, 3.8) is 0 Å². The Bertz CT molecular complexity index is 1180. The topological polar surface area (TPSA) is 75.7 Å². The normalized spacial score (nSPS) is 12.1. The predicted octanol–water partition coefficient (Wildman–Crippen LogP) is 5.23. The second-order valence-corrected chi connectivity index (χ2v) is 9.36. The highest BCUT2D eigenvalue weighted by molar-refractivity contribution is 7.92. The molecule has 0 spiro atoms. The zero-order chi connectivity index (χ0) is 22.6. The van der Waals surface area contributed by atoms with Gasteiger partial charge in [-0.3, -0.25) is 9.10 Å². The highest BCUT2D eigenvalue weighted by Crippen LogP contribution is 2.31. The van der Waals surface area contributed by atoms with Gasteiger partial charge in [0.05, 0.1) is 17.6 Å². The largest absolute Gasteiger partial charge is 0.455 e. The second kappa shape index (κ2) is 9.41. The Hall–Kier alpha value is -3.03. The van der Waals surface area contributed by atoms with E-state index < -0.39 is 22.0 Å². The van der Waals surface area contributed by atoms with Gasteiger partial charge in [0.15, 0.2) is 5.75 Å². The van der Waals surface area contributed by atoms with Crippen LogP contribution < -0.4 is 14.4 Å². The summed E-state index contributed by atoms with van der Waals surface area (Å²) in [7, 11) is -3.77. The van der Waals surface area contributed by atoms with Crippen molar-refractivity contribution >= 4 is 38.9 Å². The minimum atomic E-state index is -3.77. The van der Waals surface area contributed by atoms with Crippen LogP contribution in [0.3, 0.4) is 0 Å². The molecule has 6 nitrogen and oxygen atoms in total. The van der Waals surface area contributed by atoms with E-state index in [1.165, 1.54) is 13.0 Å². The molecule has 0 heterocycles. The number of nitrogens with one attached hydrogen (secondary N) is 1. The summed E-state index contributed by atoms with van der Waals surface area (Å²) < 4.78 is 32.1. The third-order valence-corrected chi connectivity index (χ3v) is 6.08. The molecule has 0 saturated heterocycles. The van der Waals surface area contributed by atoms with E-state index in [9.17, 15) is 13.2 Å². The van der Waals surface area contributed by atoms with Gasteiger partial charge < -0.3 is 10.1 Å². The van der Waals surface area contributed by atoms with E-state index in [0.29, 0.717) is 33.5 Å². The second-order valence-electron chi connectivity index (χ2n) is 7.07. The SMILES string of the molecule is Cc1ccc(Cl)cc1N([C@@H](C)C(=O)Nc1ccccc1Oc1ccccc1)S(C)(=O)=O. The Morgan fingerprint density at radius 3 is 2.35 bits per heavy atom. The smallest absolute Gasteiger partial charge is 0.248 e. The molecule has 3 aromatic carbocycles. The number of benzene rings is 3. The zero-order valence-corrected chi connectivity index (χ0v) is 18.9. The Balaban J connectivity index is 1.89. The highest BCUT2D eigenvalue weighted by atomic mass is 35.5. The lowest BCUT2D eigenvalue weighted by molar-refractivity contribution is -0.116. The van der Waals surface area contributed by atoms with Crippen molar-refractivity contribution in [2.75, 3.05) is 15.9 Å². The molecule has 3 rings (SSSR count). The molecule has 1 amide bonds. The Kier molecular flexibility index (Phi) is 6.87. The molecular formula is C23H23ClN2O4S. The van der Waals surface area contributed by atoms with Crippen LogP contribution in [0.25, 0.3) is 0 Å². The van der Waals surface area contributed by atoms with Crippen LogP contribution in [0.15, 0.2) is 72.8 Å². The van der Waals surface area contributed by atoms with Crippen molar-refractivity contribution in [2.24, 2.45) is 0 Å². The van der Waals surface area contributed by atoms with Gasteiger partial charge in [-0.1, -0.05) is 48.0 Å². The maximum absolute atomic E-state index is 13.1. The number of halogens is 1. The number of hydrogen-bond acceptors (Lipinski definition) is 4. The van der Waals surface area contributed by atoms with Gasteiger partial charge in [-0.25, -0.2) is 8.42 Å². The summed E-state index contributed by atoms with van der Waals surface area (Å²) in [6, 6.07) is 20.0. The highest BCUT2D eigenvalue weighted by Gasteiger charge is 2.30. The van der Waals surface area contributed by atoms with E-state index in [-0.39, 0.29) is 0 Å². The average Bonchev–Trinajstić information content (AvgIpc) is 2.72. The quantitative estimate of drug-likeness (QED) is 0.525. The number of anilines is 2. The van der Waals surface area contributed by atoms with E-state index >= 15 is 0 Å². The predicted molar refractivity (Wildman–Crippen MR) is 125 cm³/mol. The fourth-order valence-electron chi connectivity index (χ4n) is 3.11. The van der Waals surface area contributed by atoms with Gasteiger partial charge in [0.25, 0.3) is 0 Å². The molecule has 0 bridgehead atoms. The third kappa shape index (κ3) is 5.57. The van der Waals surface area contributed by atoms with Crippen LogP contribution in [0, 0.1) is 6.92 Å². The van der Waals surface area contributed by atoms with Gasteiger partial charge in [0.2, 0.25) is 15.9 Å². The molecule has 0 unspecified atom stereocenters. The van der Waals surface area contributed by atoms with Gasteiger partial charge in [-0.2, -0.15) is 0 Å². The van der Waals surface area contributed by atoms with Crippen molar-refractivity contribution in [1.29, 1.82) is 0 Å². The van der Waals surface area contributed by atoms with Crippen molar-refractivity contribution in [1.82, 2.24) is 0 Å². The molecule has 0 aromatic heterocycles. The molecule has 0 aliphatic carbocycles. The van der Waals surface area contributed by atoms with Crippen LogP contribution in [0.5, 0.6) is 11.5 Å². The van der Waals surface area contributed by atoms with Crippen molar-refractivity contribution in [3.8, 4) is 11.5 Å². The molecular weight excluding hydrogens is 436 g/mol. The van der Waals surface area contributed by atoms with E-state index in [1.807, 2.05) is 18.2 Å². The molecule has 31 heavy (non-hydrogen) atoms. The molecule has 3 aromatic rings. The fraction of sp³-hybridized carbons (Fsp3) is 0.174. The molecule has 0 saturated carbocycles. The van der Waals surface area contributed by atoms with Crippen LogP contribution in [0.1, 0.15) is 12.5 Å². The van der Waals surface area contributed by atoms with Gasteiger partial charge in [0, 0.05) is 5.02 Å². The summed E-state index contributed by atoms with van der Waals surface area (Å²) in [5, 5.41) is 3.16. The minimum Gasteiger partial charge on any atom is -0.455 e. The van der Waals surface area contributed by atoms with Gasteiger partial charge in [-0.05, 0) is 55.8 Å². The summed E-state index contributed by atoms with van der Waals surface area (Å²) in [6.07, 6.45) is 1.06. The number of sulfonamides is 1. The van der Waals surface area contributed by atoms with E-state index in [4.69, 9.17) is 16.3 Å². The number of aryl methyl sites for hydroxylation is 1. The molecule has 8 heteroatoms. The third-order valence-electron chi connectivity index (χ3n) is 4.61. The monoisotopic (exact) mass is 458 g/mol. The van der Waals surface area contributed by atoms with E-state index in [2.05, 4.69) is 5.32 Å². The summed E-state index contributed by atoms with van der Waals surface area (Å²) in [6.45, 7) is 3.29. The molecule has 0 radical (unpaired) electrons. The van der Waals surface area contributed by atoms with E-state index in [0.717, 1.165) is 10.6 Å². The number of nitrogens with zero attached hydrogens (tertiary/aromatic N) is 1. The Morgan fingerprint density at radius 1 is 1.03 bits per heavy atom. The number of ether oxygens (including phenoxy) is 1.